The molecule has 0 aliphatic heterocycles. The molecular formula is C27H23N. The molecule has 28 heavy (non-hydrogen) atoms. The van der Waals surface area contributed by atoms with Gasteiger partial charge < -0.3 is 5.32 Å². The molecular weight excluding hydrogens is 338 g/mol. The van der Waals surface area contributed by atoms with Crippen molar-refractivity contribution in [3.63, 3.8) is 0 Å². The summed E-state index contributed by atoms with van der Waals surface area (Å²) in [5.74, 6) is 0. The van der Waals surface area contributed by atoms with Crippen LogP contribution in [0.2, 0.25) is 0 Å². The molecule has 0 bridgehead atoms. The standard InChI is InChI=1S/C27H23N/c1-27(2)24-16-7-6-14-22(24)23-15-9-17-25(26(23)27)28-21-13-8-12-20(18-21)19-10-4-3-5-11-19/h3-18,28H,1-2H3. The molecule has 1 heteroatoms. The third-order valence-corrected chi connectivity index (χ3v) is 5.83. The zero-order chi connectivity index (χ0) is 19.1. The number of nitrogens with one attached hydrogen (secondary N) is 1. The predicted molar refractivity (Wildman–Crippen MR) is 119 cm³/mol. The number of benzene rings is 4. The molecule has 0 saturated carbocycles. The van der Waals surface area contributed by atoms with Crippen LogP contribution in [-0.2, 0) is 5.41 Å². The van der Waals surface area contributed by atoms with Crippen molar-refractivity contribution in [2.24, 2.45) is 0 Å². The number of fused-ring (bicyclic) bond motifs is 3. The highest BCUT2D eigenvalue weighted by molar-refractivity contribution is 5.87. The second kappa shape index (κ2) is 6.38. The van der Waals surface area contributed by atoms with Gasteiger partial charge in [-0.3, -0.25) is 0 Å². The van der Waals surface area contributed by atoms with E-state index in [-0.39, 0.29) is 5.41 Å². The van der Waals surface area contributed by atoms with Gasteiger partial charge in [-0.25, -0.2) is 0 Å². The number of anilines is 2. The quantitative estimate of drug-likeness (QED) is 0.401. The maximum absolute atomic E-state index is 3.70. The highest BCUT2D eigenvalue weighted by Crippen LogP contribution is 2.51. The molecule has 0 aromatic heterocycles. The Bertz CT molecular complexity index is 1160. The Kier molecular flexibility index (Phi) is 3.84. The van der Waals surface area contributed by atoms with E-state index in [1.807, 2.05) is 0 Å². The van der Waals surface area contributed by atoms with Gasteiger partial charge in [0.15, 0.2) is 0 Å². The predicted octanol–water partition coefficient (Wildman–Crippen LogP) is 7.40. The topological polar surface area (TPSA) is 12.0 Å². The Hall–Kier alpha value is -3.32. The lowest BCUT2D eigenvalue weighted by molar-refractivity contribution is 0.662. The molecule has 0 amide bonds. The van der Waals surface area contributed by atoms with Crippen LogP contribution in [0.5, 0.6) is 0 Å². The molecule has 0 saturated heterocycles. The first-order valence-electron chi connectivity index (χ1n) is 9.80. The van der Waals surface area contributed by atoms with Crippen LogP contribution in [0.1, 0.15) is 25.0 Å². The summed E-state index contributed by atoms with van der Waals surface area (Å²) in [6, 6.07) is 34.5. The van der Waals surface area contributed by atoms with E-state index in [4.69, 9.17) is 0 Å². The van der Waals surface area contributed by atoms with Gasteiger partial charge in [0.05, 0.1) is 0 Å². The van der Waals surface area contributed by atoms with Crippen LogP contribution < -0.4 is 5.32 Å². The van der Waals surface area contributed by atoms with Crippen molar-refractivity contribution in [1.82, 2.24) is 0 Å². The van der Waals surface area contributed by atoms with Crippen molar-refractivity contribution in [2.45, 2.75) is 19.3 Å². The van der Waals surface area contributed by atoms with Gasteiger partial charge >= 0.3 is 0 Å². The molecule has 0 spiro atoms. The van der Waals surface area contributed by atoms with E-state index in [0.717, 1.165) is 5.69 Å². The summed E-state index contributed by atoms with van der Waals surface area (Å²) in [6.07, 6.45) is 0. The van der Waals surface area contributed by atoms with E-state index in [2.05, 4.69) is 116 Å². The fourth-order valence-electron chi connectivity index (χ4n) is 4.51. The molecule has 0 fully saturated rings. The second-order valence-electron chi connectivity index (χ2n) is 7.97. The normalized spacial score (nSPS) is 13.6. The van der Waals surface area contributed by atoms with Gasteiger partial charge in [-0.05, 0) is 51.6 Å². The zero-order valence-electron chi connectivity index (χ0n) is 16.2. The first-order valence-corrected chi connectivity index (χ1v) is 9.80. The Morgan fingerprint density at radius 3 is 2.14 bits per heavy atom. The van der Waals surface area contributed by atoms with Crippen LogP contribution in [0.15, 0.2) is 97.1 Å². The molecule has 1 N–H and O–H groups in total. The van der Waals surface area contributed by atoms with E-state index in [1.165, 1.54) is 39.1 Å². The summed E-state index contributed by atoms with van der Waals surface area (Å²) in [7, 11) is 0. The lowest BCUT2D eigenvalue weighted by Crippen LogP contribution is -2.16. The van der Waals surface area contributed by atoms with Gasteiger partial charge in [0.1, 0.15) is 0 Å². The van der Waals surface area contributed by atoms with Crippen molar-refractivity contribution in [3.8, 4) is 22.3 Å². The van der Waals surface area contributed by atoms with Gasteiger partial charge in [0.25, 0.3) is 0 Å². The summed E-state index contributed by atoms with van der Waals surface area (Å²) < 4.78 is 0. The summed E-state index contributed by atoms with van der Waals surface area (Å²) in [5, 5.41) is 3.70. The van der Waals surface area contributed by atoms with Crippen molar-refractivity contribution in [1.29, 1.82) is 0 Å². The van der Waals surface area contributed by atoms with Crippen LogP contribution in [0, 0.1) is 0 Å². The zero-order valence-corrected chi connectivity index (χ0v) is 16.2. The minimum absolute atomic E-state index is 0.0213. The van der Waals surface area contributed by atoms with Crippen LogP contribution >= 0.6 is 0 Å². The van der Waals surface area contributed by atoms with Crippen LogP contribution in [0.4, 0.5) is 11.4 Å². The fourth-order valence-corrected chi connectivity index (χ4v) is 4.51. The largest absolute Gasteiger partial charge is 0.355 e. The molecule has 1 aliphatic rings. The summed E-state index contributed by atoms with van der Waals surface area (Å²) in [4.78, 5) is 0. The monoisotopic (exact) mass is 361 g/mol. The smallest absolute Gasteiger partial charge is 0.0431 e. The first kappa shape index (κ1) is 16.8. The highest BCUT2D eigenvalue weighted by Gasteiger charge is 2.37. The maximum Gasteiger partial charge on any atom is 0.0431 e. The van der Waals surface area contributed by atoms with Crippen molar-refractivity contribution in [2.75, 3.05) is 5.32 Å². The van der Waals surface area contributed by atoms with E-state index in [9.17, 15) is 0 Å². The number of hydrogen-bond donors (Lipinski definition) is 1. The molecule has 5 rings (SSSR count). The lowest BCUT2D eigenvalue weighted by Gasteiger charge is -2.25. The minimum Gasteiger partial charge on any atom is -0.355 e. The minimum atomic E-state index is -0.0213. The van der Waals surface area contributed by atoms with Crippen molar-refractivity contribution >= 4 is 11.4 Å². The summed E-state index contributed by atoms with van der Waals surface area (Å²) in [5.41, 5.74) is 10.2. The molecule has 4 aromatic rings. The van der Waals surface area contributed by atoms with E-state index >= 15 is 0 Å². The van der Waals surface area contributed by atoms with Crippen LogP contribution in [0.3, 0.4) is 0 Å². The molecule has 0 heterocycles. The van der Waals surface area contributed by atoms with Gasteiger partial charge in [0.2, 0.25) is 0 Å². The lowest BCUT2D eigenvalue weighted by atomic mass is 9.81. The van der Waals surface area contributed by atoms with Crippen LogP contribution in [0.25, 0.3) is 22.3 Å². The van der Waals surface area contributed by atoms with E-state index < -0.39 is 0 Å². The van der Waals surface area contributed by atoms with E-state index in [0.29, 0.717) is 0 Å². The molecule has 136 valence electrons. The molecule has 1 aliphatic carbocycles. The Morgan fingerprint density at radius 2 is 1.29 bits per heavy atom. The number of hydrogen-bond acceptors (Lipinski definition) is 1. The summed E-state index contributed by atoms with van der Waals surface area (Å²) >= 11 is 0. The summed E-state index contributed by atoms with van der Waals surface area (Å²) in [6.45, 7) is 4.65. The SMILES string of the molecule is CC1(C)c2ccccc2-c2cccc(Nc3cccc(-c4ccccc4)c3)c21. The molecule has 4 aromatic carbocycles. The average Bonchev–Trinajstić information content (AvgIpc) is 2.97. The molecule has 1 nitrogen and oxygen atoms in total. The molecule has 0 radical (unpaired) electrons. The van der Waals surface area contributed by atoms with Crippen LogP contribution in [-0.4, -0.2) is 0 Å². The van der Waals surface area contributed by atoms with Gasteiger partial charge in [-0.15, -0.1) is 0 Å². The highest BCUT2D eigenvalue weighted by atomic mass is 14.9. The van der Waals surface area contributed by atoms with Gasteiger partial charge in [-0.1, -0.05) is 92.7 Å². The Labute approximate surface area is 166 Å². The second-order valence-corrected chi connectivity index (χ2v) is 7.97. The van der Waals surface area contributed by atoms with Crippen molar-refractivity contribution in [3.05, 3.63) is 108 Å². The maximum atomic E-state index is 3.70. The third kappa shape index (κ3) is 2.63. The molecule has 0 atom stereocenters. The molecule has 0 unspecified atom stereocenters. The van der Waals surface area contributed by atoms with Crippen molar-refractivity contribution < 1.29 is 0 Å². The Morgan fingerprint density at radius 1 is 0.607 bits per heavy atom. The fraction of sp³-hybridized carbons (Fsp3) is 0.111. The third-order valence-electron chi connectivity index (χ3n) is 5.83. The average molecular weight is 361 g/mol. The van der Waals surface area contributed by atoms with Gasteiger partial charge in [-0.2, -0.15) is 0 Å². The van der Waals surface area contributed by atoms with Gasteiger partial charge in [0, 0.05) is 16.8 Å². The Balaban J connectivity index is 1.57. The first-order chi connectivity index (χ1) is 13.6. The van der Waals surface area contributed by atoms with E-state index in [1.54, 1.807) is 0 Å². The number of rotatable bonds is 3.